The minimum atomic E-state index is 0.200. The van der Waals surface area contributed by atoms with Crippen molar-refractivity contribution in [2.75, 3.05) is 0 Å². The van der Waals surface area contributed by atoms with Crippen LogP contribution in [0.3, 0.4) is 0 Å². The molecule has 0 amide bonds. The summed E-state index contributed by atoms with van der Waals surface area (Å²) in [6.45, 7) is 0. The number of ketones is 1. The van der Waals surface area contributed by atoms with E-state index in [4.69, 9.17) is 0 Å². The predicted molar refractivity (Wildman–Crippen MR) is 53.1 cm³/mol. The van der Waals surface area contributed by atoms with Crippen LogP contribution >= 0.6 is 0 Å². The highest BCUT2D eigenvalue weighted by atomic mass is 16.1. The molecule has 4 rings (SSSR count). The molecule has 1 heteroatoms. The molecule has 3 aliphatic carbocycles. The lowest BCUT2D eigenvalue weighted by atomic mass is 9.86. The van der Waals surface area contributed by atoms with Gasteiger partial charge in [0, 0.05) is 0 Å². The van der Waals surface area contributed by atoms with Crippen LogP contribution in [0.2, 0.25) is 0 Å². The zero-order valence-electron chi connectivity index (χ0n) is 7.68. The Morgan fingerprint density at radius 1 is 1.07 bits per heavy atom. The van der Waals surface area contributed by atoms with Gasteiger partial charge in [-0.05, 0) is 35.0 Å². The molecule has 1 nitrogen and oxygen atoms in total. The highest BCUT2D eigenvalue weighted by Gasteiger charge is 2.62. The highest BCUT2D eigenvalue weighted by Crippen LogP contribution is 2.69. The van der Waals surface area contributed by atoms with Crippen LogP contribution in [0.1, 0.15) is 23.0 Å². The number of hydrogen-bond donors (Lipinski definition) is 0. The average Bonchev–Trinajstić information content (AvgIpc) is 2.81. The fraction of sp³-hybridized carbons (Fsp3) is 0.308. The summed E-state index contributed by atoms with van der Waals surface area (Å²) < 4.78 is 0. The lowest BCUT2D eigenvalue weighted by molar-refractivity contribution is -0.116. The fourth-order valence-electron chi connectivity index (χ4n) is 3.41. The molecule has 0 bridgehead atoms. The number of carbonyl (C=O) groups excluding carboxylic acids is 1. The van der Waals surface area contributed by atoms with E-state index in [9.17, 15) is 4.79 Å². The minimum absolute atomic E-state index is 0.200. The van der Waals surface area contributed by atoms with E-state index in [0.717, 1.165) is 0 Å². The molecule has 0 heterocycles. The molecule has 0 N–H and O–H groups in total. The van der Waals surface area contributed by atoms with Crippen molar-refractivity contribution in [1.29, 1.82) is 0 Å². The Hall–Kier alpha value is -1.37. The van der Waals surface area contributed by atoms with E-state index >= 15 is 0 Å². The standard InChI is InChI=1S/C13H10O/c14-10-6-5-9-11-7-3-1-2-4-8(7)12(10)13(9)11/h1-6,9,11-13H/t9-,11+,12-,13-/m1/s1. The summed E-state index contributed by atoms with van der Waals surface area (Å²) in [5.41, 5.74) is 2.73. The number of allylic oxidation sites excluding steroid dienone is 2. The Morgan fingerprint density at radius 2 is 1.86 bits per heavy atom. The van der Waals surface area contributed by atoms with E-state index in [1.54, 1.807) is 6.08 Å². The van der Waals surface area contributed by atoms with E-state index in [1.807, 2.05) is 6.07 Å². The van der Waals surface area contributed by atoms with Gasteiger partial charge in [-0.15, -0.1) is 0 Å². The van der Waals surface area contributed by atoms with Gasteiger partial charge >= 0.3 is 0 Å². The molecule has 1 saturated carbocycles. The maximum Gasteiger partial charge on any atom is 0.163 e. The largest absolute Gasteiger partial charge is 0.294 e. The Balaban J connectivity index is 2.00. The Bertz CT molecular complexity index is 472. The second-order valence-electron chi connectivity index (χ2n) is 4.55. The third kappa shape index (κ3) is 0.597. The SMILES string of the molecule is O=C1C=C[C@@H]2[C@@H]3c4ccccc4[C@H]1[C@H]23. The van der Waals surface area contributed by atoms with Crippen LogP contribution in [-0.2, 0) is 4.79 Å². The molecule has 4 atom stereocenters. The predicted octanol–water partition coefficient (Wildman–Crippen LogP) is 2.25. The molecule has 0 saturated heterocycles. The van der Waals surface area contributed by atoms with Gasteiger partial charge in [-0.25, -0.2) is 0 Å². The zero-order valence-corrected chi connectivity index (χ0v) is 7.68. The van der Waals surface area contributed by atoms with Crippen molar-refractivity contribution in [2.45, 2.75) is 11.8 Å². The second kappa shape index (κ2) is 2.00. The molecular weight excluding hydrogens is 172 g/mol. The topological polar surface area (TPSA) is 17.1 Å². The number of hydrogen-bond acceptors (Lipinski definition) is 1. The number of benzene rings is 1. The maximum atomic E-state index is 11.8. The second-order valence-corrected chi connectivity index (χ2v) is 4.55. The minimum Gasteiger partial charge on any atom is -0.294 e. The van der Waals surface area contributed by atoms with E-state index in [2.05, 4.69) is 24.3 Å². The van der Waals surface area contributed by atoms with E-state index < -0.39 is 0 Å². The molecule has 1 aromatic carbocycles. The Morgan fingerprint density at radius 3 is 2.71 bits per heavy atom. The highest BCUT2D eigenvalue weighted by molar-refractivity contribution is 5.99. The molecule has 3 aliphatic rings. The molecule has 0 aliphatic heterocycles. The van der Waals surface area contributed by atoms with Crippen molar-refractivity contribution < 1.29 is 4.79 Å². The van der Waals surface area contributed by atoms with E-state index in [0.29, 0.717) is 23.5 Å². The van der Waals surface area contributed by atoms with Gasteiger partial charge < -0.3 is 0 Å². The van der Waals surface area contributed by atoms with Crippen LogP contribution < -0.4 is 0 Å². The summed E-state index contributed by atoms with van der Waals surface area (Å²) in [5.74, 6) is 2.47. The summed E-state index contributed by atoms with van der Waals surface area (Å²) in [7, 11) is 0. The van der Waals surface area contributed by atoms with Crippen molar-refractivity contribution in [2.24, 2.45) is 11.8 Å². The van der Waals surface area contributed by atoms with Crippen LogP contribution in [0.5, 0.6) is 0 Å². The summed E-state index contributed by atoms with van der Waals surface area (Å²) in [5, 5.41) is 0. The summed E-state index contributed by atoms with van der Waals surface area (Å²) >= 11 is 0. The van der Waals surface area contributed by atoms with Crippen molar-refractivity contribution >= 4 is 5.78 Å². The van der Waals surface area contributed by atoms with Gasteiger partial charge in [0.15, 0.2) is 5.78 Å². The van der Waals surface area contributed by atoms with Gasteiger partial charge in [0.1, 0.15) is 0 Å². The van der Waals surface area contributed by atoms with Crippen molar-refractivity contribution in [3.63, 3.8) is 0 Å². The quantitative estimate of drug-likeness (QED) is 0.601. The number of carbonyl (C=O) groups is 1. The van der Waals surface area contributed by atoms with Crippen molar-refractivity contribution in [1.82, 2.24) is 0 Å². The van der Waals surface area contributed by atoms with E-state index in [-0.39, 0.29) is 5.92 Å². The van der Waals surface area contributed by atoms with Gasteiger partial charge in [0.25, 0.3) is 0 Å². The van der Waals surface area contributed by atoms with Crippen molar-refractivity contribution in [3.05, 3.63) is 47.5 Å². The van der Waals surface area contributed by atoms with Gasteiger partial charge in [-0.3, -0.25) is 4.79 Å². The lowest BCUT2D eigenvalue weighted by Gasteiger charge is -2.16. The fourth-order valence-corrected chi connectivity index (χ4v) is 3.41. The monoisotopic (exact) mass is 182 g/mol. The first-order chi connectivity index (χ1) is 6.88. The third-order valence-corrected chi connectivity index (χ3v) is 4.00. The molecule has 0 unspecified atom stereocenters. The molecule has 0 spiro atoms. The first-order valence-electron chi connectivity index (χ1n) is 5.19. The van der Waals surface area contributed by atoms with Crippen LogP contribution in [0.4, 0.5) is 0 Å². The lowest BCUT2D eigenvalue weighted by Crippen LogP contribution is -2.15. The van der Waals surface area contributed by atoms with Crippen molar-refractivity contribution in [3.8, 4) is 0 Å². The molecule has 0 aromatic heterocycles. The van der Waals surface area contributed by atoms with Gasteiger partial charge in [0.05, 0.1) is 5.92 Å². The average molecular weight is 182 g/mol. The summed E-state index contributed by atoms with van der Waals surface area (Å²) in [6, 6.07) is 8.45. The van der Waals surface area contributed by atoms with Gasteiger partial charge in [-0.2, -0.15) is 0 Å². The van der Waals surface area contributed by atoms with E-state index in [1.165, 1.54) is 11.1 Å². The number of fused-ring (bicyclic) bond motifs is 4. The third-order valence-electron chi connectivity index (χ3n) is 4.00. The van der Waals surface area contributed by atoms with Gasteiger partial charge in [0.2, 0.25) is 0 Å². The molecule has 0 radical (unpaired) electrons. The van der Waals surface area contributed by atoms with Crippen LogP contribution in [-0.4, -0.2) is 5.78 Å². The van der Waals surface area contributed by atoms with Crippen LogP contribution in [0.15, 0.2) is 36.4 Å². The zero-order chi connectivity index (χ0) is 9.28. The summed E-state index contributed by atoms with van der Waals surface area (Å²) in [4.78, 5) is 11.8. The first kappa shape index (κ1) is 6.99. The maximum absolute atomic E-state index is 11.8. The normalized spacial score (nSPS) is 40.7. The summed E-state index contributed by atoms with van der Waals surface area (Å²) in [6.07, 6.45) is 3.91. The van der Waals surface area contributed by atoms with Crippen LogP contribution in [0.25, 0.3) is 0 Å². The molecule has 1 aromatic rings. The Kier molecular flexibility index (Phi) is 0.999. The molecular formula is C13H10O. The molecule has 68 valence electrons. The smallest absolute Gasteiger partial charge is 0.163 e. The number of rotatable bonds is 0. The Labute approximate surface area is 82.4 Å². The first-order valence-corrected chi connectivity index (χ1v) is 5.19. The van der Waals surface area contributed by atoms with Gasteiger partial charge in [-0.1, -0.05) is 30.3 Å². The van der Waals surface area contributed by atoms with Crippen LogP contribution in [0, 0.1) is 11.8 Å². The molecule has 1 fully saturated rings. The molecule has 14 heavy (non-hydrogen) atoms.